The summed E-state index contributed by atoms with van der Waals surface area (Å²) in [6.07, 6.45) is 2.78. The highest BCUT2D eigenvalue weighted by atomic mass is 16.5. The number of rotatable bonds is 9. The van der Waals surface area contributed by atoms with Gasteiger partial charge in [0, 0.05) is 16.9 Å². The monoisotopic (exact) mass is 538 g/mol. The molecule has 1 aromatic heterocycles. The van der Waals surface area contributed by atoms with Crippen LogP contribution in [0.25, 0.3) is 22.5 Å². The highest BCUT2D eigenvalue weighted by Crippen LogP contribution is 2.32. The average molecular weight is 539 g/mol. The molecule has 1 N–H and O–H groups in total. The fourth-order valence-corrected chi connectivity index (χ4v) is 4.90. The third-order valence-corrected chi connectivity index (χ3v) is 6.71. The molecular formula is C32H34N4O4. The van der Waals surface area contributed by atoms with Crippen LogP contribution < -0.4 is 15.4 Å². The standard InChI is InChI=1S/C32H34N4O4/c1-5-8-29-24(20-36(31(33-29)38-4)25-15-17-26(18-16-25)39-21(2)3)19-22-11-13-23(14-12-22)27-9-6-7-10-28(27)30-34-32(37)40-35-30/h6-7,9-18,21H,5,8,19-20H2,1-4H3,(H,34,35,37). The number of nitrogens with one attached hydrogen (secondary N) is 1. The Hall–Kier alpha value is -4.59. The molecule has 0 atom stereocenters. The van der Waals surface area contributed by atoms with Gasteiger partial charge in [0.05, 0.1) is 19.8 Å². The number of methoxy groups -OCH3 is 1. The normalized spacial score (nSPS) is 13.5. The van der Waals surface area contributed by atoms with Crippen LogP contribution >= 0.6 is 0 Å². The molecule has 0 aliphatic carbocycles. The van der Waals surface area contributed by atoms with Crippen molar-refractivity contribution in [2.75, 3.05) is 18.6 Å². The molecule has 0 fully saturated rings. The predicted octanol–water partition coefficient (Wildman–Crippen LogP) is 6.60. The number of aromatic amines is 1. The fraction of sp³-hybridized carbons (Fsp3) is 0.281. The molecule has 0 amide bonds. The summed E-state index contributed by atoms with van der Waals surface area (Å²) in [4.78, 5) is 21.2. The Morgan fingerprint density at radius 1 is 1.00 bits per heavy atom. The van der Waals surface area contributed by atoms with Crippen LogP contribution in [0, 0.1) is 0 Å². The van der Waals surface area contributed by atoms with E-state index in [9.17, 15) is 4.79 Å². The first kappa shape index (κ1) is 27.0. The summed E-state index contributed by atoms with van der Waals surface area (Å²) < 4.78 is 16.3. The van der Waals surface area contributed by atoms with Crippen LogP contribution in [0.1, 0.15) is 39.2 Å². The van der Waals surface area contributed by atoms with Crippen molar-refractivity contribution in [1.29, 1.82) is 0 Å². The number of allylic oxidation sites excluding steroid dienone is 1. The van der Waals surface area contributed by atoms with Gasteiger partial charge >= 0.3 is 5.76 Å². The second kappa shape index (κ2) is 12.1. The number of hydrogen-bond acceptors (Lipinski definition) is 7. The minimum atomic E-state index is -0.572. The molecule has 4 aromatic rings. The van der Waals surface area contributed by atoms with Crippen molar-refractivity contribution in [2.45, 2.75) is 46.1 Å². The molecule has 2 heterocycles. The lowest BCUT2D eigenvalue weighted by molar-refractivity contribution is 0.242. The highest BCUT2D eigenvalue weighted by Gasteiger charge is 2.24. The van der Waals surface area contributed by atoms with Crippen molar-refractivity contribution in [2.24, 2.45) is 4.99 Å². The van der Waals surface area contributed by atoms with Crippen LogP contribution in [0.2, 0.25) is 0 Å². The molecule has 0 bridgehead atoms. The van der Waals surface area contributed by atoms with Crippen LogP contribution in [0.3, 0.4) is 0 Å². The SMILES string of the molecule is CCCC1=C(Cc2ccc(-c3ccccc3-c3noc(=O)[nH]3)cc2)CN(c2ccc(OC(C)C)cc2)C(OC)=N1. The molecule has 8 heteroatoms. The van der Waals surface area contributed by atoms with E-state index >= 15 is 0 Å². The molecule has 3 aromatic carbocycles. The average Bonchev–Trinajstić information content (AvgIpc) is 3.40. The lowest BCUT2D eigenvalue weighted by Gasteiger charge is -2.31. The molecule has 206 valence electrons. The Kier molecular flexibility index (Phi) is 8.15. The van der Waals surface area contributed by atoms with E-state index in [0.717, 1.165) is 53.1 Å². The molecule has 0 spiro atoms. The summed E-state index contributed by atoms with van der Waals surface area (Å²) in [7, 11) is 1.67. The summed E-state index contributed by atoms with van der Waals surface area (Å²) in [5, 5.41) is 3.87. The van der Waals surface area contributed by atoms with E-state index in [2.05, 4.69) is 46.2 Å². The zero-order valence-corrected chi connectivity index (χ0v) is 23.3. The summed E-state index contributed by atoms with van der Waals surface area (Å²) in [5.41, 5.74) is 7.34. The minimum absolute atomic E-state index is 0.120. The van der Waals surface area contributed by atoms with Crippen molar-refractivity contribution in [1.82, 2.24) is 10.1 Å². The van der Waals surface area contributed by atoms with Crippen molar-refractivity contribution < 1.29 is 14.0 Å². The summed E-state index contributed by atoms with van der Waals surface area (Å²) in [5.74, 6) is 0.680. The second-order valence-electron chi connectivity index (χ2n) is 10.0. The Morgan fingerprint density at radius 2 is 1.73 bits per heavy atom. The molecule has 0 unspecified atom stereocenters. The van der Waals surface area contributed by atoms with Crippen molar-refractivity contribution in [3.8, 4) is 28.3 Å². The van der Waals surface area contributed by atoms with E-state index in [0.29, 0.717) is 18.4 Å². The quantitative estimate of drug-likeness (QED) is 0.258. The fourth-order valence-electron chi connectivity index (χ4n) is 4.90. The molecule has 1 aliphatic rings. The highest BCUT2D eigenvalue weighted by molar-refractivity contribution is 5.94. The number of anilines is 1. The second-order valence-corrected chi connectivity index (χ2v) is 10.0. The smallest absolute Gasteiger partial charge is 0.439 e. The number of ether oxygens (including phenoxy) is 2. The van der Waals surface area contributed by atoms with Crippen molar-refractivity contribution >= 4 is 11.7 Å². The summed E-state index contributed by atoms with van der Waals surface area (Å²) in [6.45, 7) is 6.90. The maximum Gasteiger partial charge on any atom is 0.439 e. The first-order chi connectivity index (χ1) is 19.4. The van der Waals surface area contributed by atoms with Crippen molar-refractivity contribution in [3.63, 3.8) is 0 Å². The predicted molar refractivity (Wildman–Crippen MR) is 158 cm³/mol. The number of aromatic nitrogens is 2. The van der Waals surface area contributed by atoms with Gasteiger partial charge in [-0.1, -0.05) is 67.0 Å². The van der Waals surface area contributed by atoms with Gasteiger partial charge in [0.1, 0.15) is 5.75 Å². The van der Waals surface area contributed by atoms with Gasteiger partial charge in [0.25, 0.3) is 6.02 Å². The van der Waals surface area contributed by atoms with Gasteiger partial charge in [-0.2, -0.15) is 0 Å². The van der Waals surface area contributed by atoms with Crippen LogP contribution in [0.4, 0.5) is 5.69 Å². The van der Waals surface area contributed by atoms with E-state index in [1.54, 1.807) is 7.11 Å². The maximum atomic E-state index is 11.5. The van der Waals surface area contributed by atoms with E-state index < -0.39 is 5.76 Å². The number of hydrogen-bond donors (Lipinski definition) is 1. The van der Waals surface area contributed by atoms with Gasteiger partial charge in [-0.15, -0.1) is 0 Å². The zero-order valence-electron chi connectivity index (χ0n) is 23.3. The first-order valence-corrected chi connectivity index (χ1v) is 13.6. The van der Waals surface area contributed by atoms with Gasteiger partial charge in [0.2, 0.25) is 0 Å². The van der Waals surface area contributed by atoms with Crippen LogP contribution in [-0.2, 0) is 11.2 Å². The number of aliphatic imine (C=N–C) groups is 1. The number of H-pyrrole nitrogens is 1. The Labute approximate surface area is 234 Å². The Bertz CT molecular complexity index is 1560. The topological polar surface area (TPSA) is 93.0 Å². The Balaban J connectivity index is 1.40. The zero-order chi connectivity index (χ0) is 28.1. The van der Waals surface area contributed by atoms with Crippen LogP contribution in [0.5, 0.6) is 5.75 Å². The third kappa shape index (κ3) is 6.01. The molecular weight excluding hydrogens is 504 g/mol. The number of amidine groups is 1. The van der Waals surface area contributed by atoms with Gasteiger partial charge < -0.3 is 9.47 Å². The molecule has 0 saturated heterocycles. The van der Waals surface area contributed by atoms with Gasteiger partial charge in [-0.05, 0) is 73.2 Å². The minimum Gasteiger partial charge on any atom is -0.491 e. The molecule has 8 nitrogen and oxygen atoms in total. The first-order valence-electron chi connectivity index (χ1n) is 13.6. The maximum absolute atomic E-state index is 11.5. The molecule has 0 radical (unpaired) electrons. The van der Waals surface area contributed by atoms with Gasteiger partial charge in [-0.3, -0.25) is 14.4 Å². The molecule has 1 aliphatic heterocycles. The number of nitrogens with zero attached hydrogens (tertiary/aromatic N) is 3. The summed E-state index contributed by atoms with van der Waals surface area (Å²) >= 11 is 0. The molecule has 0 saturated carbocycles. The van der Waals surface area contributed by atoms with E-state index in [-0.39, 0.29) is 6.10 Å². The van der Waals surface area contributed by atoms with Crippen LogP contribution in [0.15, 0.2) is 98.4 Å². The van der Waals surface area contributed by atoms with E-state index in [1.807, 2.05) is 62.4 Å². The Morgan fingerprint density at radius 3 is 2.35 bits per heavy atom. The summed E-state index contributed by atoms with van der Waals surface area (Å²) in [6, 6.07) is 25.0. The lowest BCUT2D eigenvalue weighted by Crippen LogP contribution is -2.37. The van der Waals surface area contributed by atoms with E-state index in [1.165, 1.54) is 11.1 Å². The molecule has 5 rings (SSSR count). The largest absolute Gasteiger partial charge is 0.491 e. The van der Waals surface area contributed by atoms with Gasteiger partial charge in [-0.25, -0.2) is 9.79 Å². The van der Waals surface area contributed by atoms with Gasteiger partial charge in [0.15, 0.2) is 5.82 Å². The number of benzene rings is 3. The van der Waals surface area contributed by atoms with Crippen LogP contribution in [-0.4, -0.2) is 35.9 Å². The van der Waals surface area contributed by atoms with E-state index in [4.69, 9.17) is 19.0 Å². The molecule has 40 heavy (non-hydrogen) atoms. The van der Waals surface area contributed by atoms with Crippen molar-refractivity contribution in [3.05, 3.63) is 100 Å². The third-order valence-electron chi connectivity index (χ3n) is 6.71. The lowest BCUT2D eigenvalue weighted by atomic mass is 9.95.